The van der Waals surface area contributed by atoms with Crippen molar-refractivity contribution < 1.29 is 23.6 Å². The largest absolute Gasteiger partial charge is 0.455 e. The zero-order valence-electron chi connectivity index (χ0n) is 37.5. The molecular formula is C44H28O. The zero-order chi connectivity index (χ0) is 41.9. The second-order valence-corrected chi connectivity index (χ2v) is 10.6. The third kappa shape index (κ3) is 4.09. The Kier molecular flexibility index (Phi) is 3.50. The van der Waals surface area contributed by atoms with Crippen molar-refractivity contribution in [3.8, 4) is 44.5 Å². The van der Waals surface area contributed by atoms with Gasteiger partial charge in [0.25, 0.3) is 0 Å². The summed E-state index contributed by atoms with van der Waals surface area (Å²) in [5, 5.41) is 3.95. The van der Waals surface area contributed by atoms with Crippen molar-refractivity contribution >= 4 is 43.5 Å². The minimum atomic E-state index is -0.653. The van der Waals surface area contributed by atoms with E-state index in [0.717, 1.165) is 11.1 Å². The van der Waals surface area contributed by atoms with Crippen LogP contribution in [0.1, 0.15) is 19.2 Å². The fraction of sp³-hybridized carbons (Fsp3) is 0. The van der Waals surface area contributed by atoms with Crippen LogP contribution in [0.3, 0.4) is 0 Å². The molecule has 0 fully saturated rings. The minimum Gasteiger partial charge on any atom is -0.455 e. The van der Waals surface area contributed by atoms with E-state index in [9.17, 15) is 2.74 Å². The fourth-order valence-corrected chi connectivity index (χ4v) is 6.26. The first kappa shape index (κ1) is 15.2. The van der Waals surface area contributed by atoms with Gasteiger partial charge in [0.1, 0.15) is 11.2 Å². The molecule has 1 heteroatoms. The van der Waals surface area contributed by atoms with Crippen LogP contribution in [0, 0.1) is 0 Å². The number of hydrogen-bond donors (Lipinski definition) is 0. The van der Waals surface area contributed by atoms with Gasteiger partial charge in [0.05, 0.1) is 19.2 Å². The van der Waals surface area contributed by atoms with Gasteiger partial charge in [-0.2, -0.15) is 0 Å². The third-order valence-corrected chi connectivity index (χ3v) is 8.12. The smallest absolute Gasteiger partial charge is 0.143 e. The fourth-order valence-electron chi connectivity index (χ4n) is 6.26. The van der Waals surface area contributed by atoms with Crippen molar-refractivity contribution in [2.24, 2.45) is 0 Å². The normalized spacial score (nSPS) is 15.9. The van der Waals surface area contributed by atoms with Crippen LogP contribution in [0.2, 0.25) is 0 Å². The molecule has 0 saturated heterocycles. The molecule has 1 aromatic heterocycles. The first-order valence-electron chi connectivity index (χ1n) is 21.3. The number of rotatable bonds is 4. The van der Waals surface area contributed by atoms with Crippen molar-refractivity contribution in [3.05, 3.63) is 170 Å². The molecule has 0 aliphatic carbocycles. The predicted molar refractivity (Wildman–Crippen MR) is 190 cm³/mol. The highest BCUT2D eigenvalue weighted by atomic mass is 16.3. The summed E-state index contributed by atoms with van der Waals surface area (Å²) < 4.78 is 127. The van der Waals surface area contributed by atoms with Gasteiger partial charge in [0, 0.05) is 16.3 Å². The van der Waals surface area contributed by atoms with Crippen molar-refractivity contribution in [2.75, 3.05) is 0 Å². The van der Waals surface area contributed by atoms with E-state index in [1.807, 2.05) is 66.7 Å². The van der Waals surface area contributed by atoms with Gasteiger partial charge in [0.2, 0.25) is 0 Å². The Morgan fingerprint density at radius 2 is 0.867 bits per heavy atom. The van der Waals surface area contributed by atoms with E-state index in [1.54, 1.807) is 18.2 Å². The van der Waals surface area contributed by atoms with E-state index in [0.29, 0.717) is 54.6 Å². The molecule has 0 unspecified atom stereocenters. The molecule has 0 N–H and O–H groups in total. The van der Waals surface area contributed by atoms with E-state index in [2.05, 4.69) is 0 Å². The van der Waals surface area contributed by atoms with Crippen LogP contribution in [0.15, 0.2) is 174 Å². The standard InChI is InChI=1S/C44H28O/c1-3-13-29(14-4-1)30-25-27-32(28-26-30)41-34-17-7-9-19-36(34)42(37-20-10-8-18-35(37)41)38-22-12-24-40-43(38)39-23-11-21-33(44(39)45-40)31-15-5-2-6-16-31/h1-28H/i1D,2D,3D,4D,5D,6D,13D,14D,15D,16D,25D,26D,27D,28D. The second kappa shape index (κ2) is 10.4. The highest BCUT2D eigenvalue weighted by Crippen LogP contribution is 2.47. The van der Waals surface area contributed by atoms with E-state index in [-0.39, 0.29) is 23.2 Å². The molecular weight excluding hydrogens is 544 g/mol. The SMILES string of the molecule is [2H]c1c([2H])c([2H])c(-c2c([2H])c([2H])c(-c3c4ccccc4c(-c4cccc5oc6c(-c7c([2H])c([2H])c([2H])c([2H])c7[2H])cccc6c45)c4ccccc34)c([2H])c2[2H])c([2H])c1[2H]. The predicted octanol–water partition coefficient (Wildman–Crippen LogP) is 12.6. The van der Waals surface area contributed by atoms with Crippen LogP contribution >= 0.6 is 0 Å². The van der Waals surface area contributed by atoms with Crippen molar-refractivity contribution in [1.29, 1.82) is 0 Å². The van der Waals surface area contributed by atoms with Crippen molar-refractivity contribution in [1.82, 2.24) is 0 Å². The topological polar surface area (TPSA) is 13.1 Å². The molecule has 1 heterocycles. The average molecular weight is 587 g/mol. The maximum absolute atomic E-state index is 9.34. The maximum atomic E-state index is 9.34. The van der Waals surface area contributed by atoms with Crippen LogP contribution in [0.25, 0.3) is 88.0 Å². The van der Waals surface area contributed by atoms with Crippen LogP contribution in [-0.2, 0) is 0 Å². The Labute approximate surface area is 281 Å². The van der Waals surface area contributed by atoms with Gasteiger partial charge < -0.3 is 4.42 Å². The highest BCUT2D eigenvalue weighted by molar-refractivity contribution is 6.26. The van der Waals surface area contributed by atoms with E-state index >= 15 is 0 Å². The van der Waals surface area contributed by atoms with Crippen LogP contribution in [-0.4, -0.2) is 0 Å². The third-order valence-electron chi connectivity index (χ3n) is 8.12. The van der Waals surface area contributed by atoms with Gasteiger partial charge in [0.15, 0.2) is 0 Å². The van der Waals surface area contributed by atoms with Crippen LogP contribution < -0.4 is 0 Å². The van der Waals surface area contributed by atoms with E-state index in [1.165, 1.54) is 0 Å². The van der Waals surface area contributed by atoms with Crippen LogP contribution in [0.5, 0.6) is 0 Å². The molecule has 1 nitrogen and oxygen atoms in total. The molecule has 0 bridgehead atoms. The average Bonchev–Trinajstić information content (AvgIpc) is 3.64. The summed E-state index contributed by atoms with van der Waals surface area (Å²) in [5.74, 6) is 0. The van der Waals surface area contributed by atoms with Gasteiger partial charge in [-0.15, -0.1) is 0 Å². The summed E-state index contributed by atoms with van der Waals surface area (Å²) in [7, 11) is 0. The molecule has 9 aromatic rings. The molecule has 8 aromatic carbocycles. The van der Waals surface area contributed by atoms with Gasteiger partial charge in [-0.05, 0) is 66.6 Å². The van der Waals surface area contributed by atoms with Gasteiger partial charge >= 0.3 is 0 Å². The number of para-hydroxylation sites is 1. The summed E-state index contributed by atoms with van der Waals surface area (Å²) in [6.07, 6.45) is 0. The minimum absolute atomic E-state index is 0.0139. The first-order chi connectivity index (χ1) is 28.2. The summed E-state index contributed by atoms with van der Waals surface area (Å²) in [6.45, 7) is 0. The van der Waals surface area contributed by atoms with Crippen molar-refractivity contribution in [3.63, 3.8) is 0 Å². The molecule has 0 aliphatic heterocycles. The summed E-state index contributed by atoms with van der Waals surface area (Å²) in [4.78, 5) is 0. The van der Waals surface area contributed by atoms with Crippen LogP contribution in [0.4, 0.5) is 0 Å². The Balaban J connectivity index is 1.36. The molecule has 210 valence electrons. The van der Waals surface area contributed by atoms with Crippen molar-refractivity contribution in [2.45, 2.75) is 0 Å². The Morgan fingerprint density at radius 1 is 0.378 bits per heavy atom. The second-order valence-electron chi connectivity index (χ2n) is 10.6. The summed E-state index contributed by atoms with van der Waals surface area (Å²) in [6, 6.07) is 18.3. The maximum Gasteiger partial charge on any atom is 0.143 e. The molecule has 45 heavy (non-hydrogen) atoms. The molecule has 0 atom stereocenters. The molecule has 9 rings (SSSR count). The lowest BCUT2D eigenvalue weighted by atomic mass is 9.84. The Bertz CT molecular complexity index is 3190. The van der Waals surface area contributed by atoms with Gasteiger partial charge in [-0.3, -0.25) is 0 Å². The molecule has 0 saturated carbocycles. The number of furan rings is 1. The molecule has 0 aliphatic rings. The molecule has 0 spiro atoms. The van der Waals surface area contributed by atoms with Gasteiger partial charge in [-0.25, -0.2) is 0 Å². The molecule has 0 amide bonds. The highest BCUT2D eigenvalue weighted by Gasteiger charge is 2.21. The molecule has 0 radical (unpaired) electrons. The zero-order valence-corrected chi connectivity index (χ0v) is 23.5. The monoisotopic (exact) mass is 586 g/mol. The number of benzene rings is 8. The quantitative estimate of drug-likeness (QED) is 0.187. The van der Waals surface area contributed by atoms with E-state index < -0.39 is 83.6 Å². The van der Waals surface area contributed by atoms with E-state index in [4.69, 9.17) is 20.9 Å². The Hall–Kier alpha value is -5.92. The number of fused-ring (bicyclic) bond motifs is 5. The van der Waals surface area contributed by atoms with Gasteiger partial charge in [-0.1, -0.05) is 163 Å². The number of hydrogen-bond acceptors (Lipinski definition) is 1. The first-order valence-corrected chi connectivity index (χ1v) is 14.3. The summed E-state index contributed by atoms with van der Waals surface area (Å²) >= 11 is 0. The lowest BCUT2D eigenvalue weighted by Crippen LogP contribution is -1.91. The lowest BCUT2D eigenvalue weighted by Gasteiger charge is -2.18. The Morgan fingerprint density at radius 3 is 1.51 bits per heavy atom. The lowest BCUT2D eigenvalue weighted by molar-refractivity contribution is 0.670. The summed E-state index contributed by atoms with van der Waals surface area (Å²) in [5.41, 5.74) is 2.26.